The maximum absolute atomic E-state index is 11.2. The third kappa shape index (κ3) is 2.22. The van der Waals surface area contributed by atoms with E-state index in [2.05, 4.69) is 13.2 Å². The summed E-state index contributed by atoms with van der Waals surface area (Å²) < 4.78 is 0. The van der Waals surface area contributed by atoms with E-state index in [-0.39, 0.29) is 11.8 Å². The molecule has 76 valence electrons. The zero-order chi connectivity index (χ0) is 10.6. The van der Waals surface area contributed by atoms with Crippen LogP contribution in [0.3, 0.4) is 0 Å². The lowest BCUT2D eigenvalue weighted by molar-refractivity contribution is -0.134. The van der Waals surface area contributed by atoms with Gasteiger partial charge in [0.1, 0.15) is 0 Å². The largest absolute Gasteiger partial charge is 0.336 e. The van der Waals surface area contributed by atoms with E-state index in [0.29, 0.717) is 26.2 Å². The van der Waals surface area contributed by atoms with Crippen LogP contribution in [0.2, 0.25) is 0 Å². The predicted molar refractivity (Wildman–Crippen MR) is 53.6 cm³/mol. The molecule has 1 rings (SSSR count). The number of piperazine rings is 1. The number of rotatable bonds is 2. The van der Waals surface area contributed by atoms with Crippen molar-refractivity contribution < 1.29 is 9.59 Å². The molecule has 0 N–H and O–H groups in total. The summed E-state index contributed by atoms with van der Waals surface area (Å²) in [7, 11) is 0. The topological polar surface area (TPSA) is 40.6 Å². The van der Waals surface area contributed by atoms with Gasteiger partial charge in [-0.25, -0.2) is 0 Å². The van der Waals surface area contributed by atoms with Gasteiger partial charge in [0.2, 0.25) is 11.8 Å². The third-order valence-corrected chi connectivity index (χ3v) is 2.25. The molecule has 0 aromatic carbocycles. The summed E-state index contributed by atoms with van der Waals surface area (Å²) in [6.45, 7) is 9.13. The highest BCUT2D eigenvalue weighted by atomic mass is 16.2. The second kappa shape index (κ2) is 4.60. The van der Waals surface area contributed by atoms with Gasteiger partial charge in [-0.1, -0.05) is 13.2 Å². The molecule has 0 aromatic rings. The molecular weight excluding hydrogens is 180 g/mol. The van der Waals surface area contributed by atoms with Gasteiger partial charge in [-0.3, -0.25) is 9.59 Å². The summed E-state index contributed by atoms with van der Waals surface area (Å²) in [5.74, 6) is -0.147. The van der Waals surface area contributed by atoms with E-state index in [1.807, 2.05) is 0 Å². The summed E-state index contributed by atoms with van der Waals surface area (Å²) in [6, 6.07) is 0. The van der Waals surface area contributed by atoms with Gasteiger partial charge in [0.05, 0.1) is 0 Å². The molecule has 4 heteroatoms. The molecule has 1 aliphatic rings. The lowest BCUT2D eigenvalue weighted by Crippen LogP contribution is -2.49. The average Bonchev–Trinajstić information content (AvgIpc) is 2.27. The SMILES string of the molecule is C=CC(=O)N1CCN(C(=O)C=C)CC1. The first-order valence-corrected chi connectivity index (χ1v) is 4.51. The first kappa shape index (κ1) is 10.5. The number of carbonyl (C=O) groups is 2. The van der Waals surface area contributed by atoms with Crippen molar-refractivity contribution >= 4 is 11.8 Å². The second-order valence-electron chi connectivity index (χ2n) is 3.06. The zero-order valence-electron chi connectivity index (χ0n) is 8.11. The zero-order valence-corrected chi connectivity index (χ0v) is 8.11. The lowest BCUT2D eigenvalue weighted by Gasteiger charge is -2.33. The van der Waals surface area contributed by atoms with E-state index < -0.39 is 0 Å². The van der Waals surface area contributed by atoms with E-state index >= 15 is 0 Å². The van der Waals surface area contributed by atoms with Crippen molar-refractivity contribution in [3.05, 3.63) is 25.3 Å². The van der Waals surface area contributed by atoms with Gasteiger partial charge in [0.25, 0.3) is 0 Å². The highest BCUT2D eigenvalue weighted by Crippen LogP contribution is 2.02. The normalized spacial score (nSPS) is 16.3. The van der Waals surface area contributed by atoms with Crippen molar-refractivity contribution in [3.8, 4) is 0 Å². The van der Waals surface area contributed by atoms with E-state index in [1.54, 1.807) is 9.80 Å². The Balaban J connectivity index is 2.45. The minimum Gasteiger partial charge on any atom is -0.336 e. The Morgan fingerprint density at radius 1 is 0.857 bits per heavy atom. The Kier molecular flexibility index (Phi) is 3.45. The van der Waals surface area contributed by atoms with Gasteiger partial charge >= 0.3 is 0 Å². The Morgan fingerprint density at radius 2 is 1.14 bits per heavy atom. The summed E-state index contributed by atoms with van der Waals surface area (Å²) in [5, 5.41) is 0. The van der Waals surface area contributed by atoms with Crippen molar-refractivity contribution in [1.29, 1.82) is 0 Å². The molecule has 0 atom stereocenters. The maximum atomic E-state index is 11.2. The van der Waals surface area contributed by atoms with E-state index in [1.165, 1.54) is 12.2 Å². The quantitative estimate of drug-likeness (QED) is 0.582. The lowest BCUT2D eigenvalue weighted by atomic mass is 10.3. The third-order valence-electron chi connectivity index (χ3n) is 2.25. The molecule has 1 aliphatic heterocycles. The Labute approximate surface area is 83.5 Å². The number of carbonyl (C=O) groups excluding carboxylic acids is 2. The molecular formula is C10H14N2O2. The number of nitrogens with zero attached hydrogens (tertiary/aromatic N) is 2. The Bertz CT molecular complexity index is 237. The molecule has 1 heterocycles. The standard InChI is InChI=1S/C10H14N2O2/c1-3-9(13)11-5-7-12(8-6-11)10(14)4-2/h3-4H,1-2,5-8H2. The highest BCUT2D eigenvalue weighted by molar-refractivity contribution is 5.88. The smallest absolute Gasteiger partial charge is 0.246 e. The first-order chi connectivity index (χ1) is 6.69. The van der Waals surface area contributed by atoms with Crippen LogP contribution in [0.1, 0.15) is 0 Å². The van der Waals surface area contributed by atoms with Crippen molar-refractivity contribution in [1.82, 2.24) is 9.80 Å². The van der Waals surface area contributed by atoms with Crippen LogP contribution in [0, 0.1) is 0 Å². The van der Waals surface area contributed by atoms with Crippen LogP contribution in [-0.2, 0) is 9.59 Å². The molecule has 0 unspecified atom stereocenters. The van der Waals surface area contributed by atoms with Gasteiger partial charge in [0, 0.05) is 26.2 Å². The van der Waals surface area contributed by atoms with Crippen LogP contribution in [-0.4, -0.2) is 47.8 Å². The molecule has 0 spiro atoms. The van der Waals surface area contributed by atoms with Crippen molar-refractivity contribution in [2.24, 2.45) is 0 Å². The van der Waals surface area contributed by atoms with Gasteiger partial charge < -0.3 is 9.80 Å². The molecule has 1 fully saturated rings. The molecule has 4 nitrogen and oxygen atoms in total. The summed E-state index contributed by atoms with van der Waals surface area (Å²) >= 11 is 0. The molecule has 0 radical (unpaired) electrons. The fourth-order valence-corrected chi connectivity index (χ4v) is 1.41. The van der Waals surface area contributed by atoms with Gasteiger partial charge in [-0.15, -0.1) is 0 Å². The van der Waals surface area contributed by atoms with Crippen molar-refractivity contribution in [3.63, 3.8) is 0 Å². The molecule has 1 saturated heterocycles. The van der Waals surface area contributed by atoms with Crippen LogP contribution in [0.15, 0.2) is 25.3 Å². The number of hydrogen-bond acceptors (Lipinski definition) is 2. The monoisotopic (exact) mass is 194 g/mol. The van der Waals surface area contributed by atoms with Crippen LogP contribution in [0.5, 0.6) is 0 Å². The molecule has 2 amide bonds. The van der Waals surface area contributed by atoms with E-state index in [4.69, 9.17) is 0 Å². The second-order valence-corrected chi connectivity index (χ2v) is 3.06. The highest BCUT2D eigenvalue weighted by Gasteiger charge is 2.20. The first-order valence-electron chi connectivity index (χ1n) is 4.51. The molecule has 0 saturated carbocycles. The van der Waals surface area contributed by atoms with Crippen molar-refractivity contribution in [2.45, 2.75) is 0 Å². The Hall–Kier alpha value is -1.58. The van der Waals surface area contributed by atoms with Crippen LogP contribution >= 0.6 is 0 Å². The van der Waals surface area contributed by atoms with Gasteiger partial charge in [-0.2, -0.15) is 0 Å². The average molecular weight is 194 g/mol. The van der Waals surface area contributed by atoms with Gasteiger partial charge in [-0.05, 0) is 12.2 Å². The molecule has 0 aromatic heterocycles. The van der Waals surface area contributed by atoms with Crippen LogP contribution in [0.4, 0.5) is 0 Å². The summed E-state index contributed by atoms with van der Waals surface area (Å²) in [4.78, 5) is 25.8. The minimum absolute atomic E-state index is 0.0734. The maximum Gasteiger partial charge on any atom is 0.246 e. The molecule has 14 heavy (non-hydrogen) atoms. The molecule has 0 aliphatic carbocycles. The fourth-order valence-electron chi connectivity index (χ4n) is 1.41. The van der Waals surface area contributed by atoms with Crippen LogP contribution in [0.25, 0.3) is 0 Å². The fraction of sp³-hybridized carbons (Fsp3) is 0.400. The predicted octanol–water partition coefficient (Wildman–Crippen LogP) is 0.0292. The summed E-state index contributed by atoms with van der Waals surface area (Å²) in [5.41, 5.74) is 0. The van der Waals surface area contributed by atoms with E-state index in [0.717, 1.165) is 0 Å². The van der Waals surface area contributed by atoms with E-state index in [9.17, 15) is 9.59 Å². The number of amides is 2. The summed E-state index contributed by atoms with van der Waals surface area (Å²) in [6.07, 6.45) is 2.59. The van der Waals surface area contributed by atoms with Crippen molar-refractivity contribution in [2.75, 3.05) is 26.2 Å². The Morgan fingerprint density at radius 3 is 1.36 bits per heavy atom. The molecule has 0 bridgehead atoms. The van der Waals surface area contributed by atoms with Crippen LogP contribution < -0.4 is 0 Å². The number of hydrogen-bond donors (Lipinski definition) is 0. The minimum atomic E-state index is -0.0734. The van der Waals surface area contributed by atoms with Gasteiger partial charge in [0.15, 0.2) is 0 Å².